The van der Waals surface area contributed by atoms with Crippen molar-refractivity contribution in [2.45, 2.75) is 29.8 Å². The molecule has 0 N–H and O–H groups in total. The minimum Gasteiger partial charge on any atom is -0.371 e. The second-order valence-electron chi connectivity index (χ2n) is 11.4. The molecule has 4 heterocycles. The van der Waals surface area contributed by atoms with Crippen molar-refractivity contribution in [1.82, 2.24) is 24.2 Å². The summed E-state index contributed by atoms with van der Waals surface area (Å²) in [4.78, 5) is 35.9. The molecule has 3 aromatic rings. The highest BCUT2D eigenvalue weighted by molar-refractivity contribution is 7.89. The lowest BCUT2D eigenvalue weighted by Gasteiger charge is -2.49. The molecular weight excluding hydrogens is 659 g/mol. The molecule has 1 unspecified atom stereocenters. The van der Waals surface area contributed by atoms with Gasteiger partial charge in [0.1, 0.15) is 6.04 Å². The fourth-order valence-corrected chi connectivity index (χ4v) is 8.96. The van der Waals surface area contributed by atoms with Gasteiger partial charge in [0.05, 0.1) is 11.4 Å². The average Bonchev–Trinajstić information content (AvgIpc) is 3.04. The number of piperidine rings is 1. The van der Waals surface area contributed by atoms with Gasteiger partial charge in [0.15, 0.2) is 0 Å². The van der Waals surface area contributed by atoms with Gasteiger partial charge in [-0.3, -0.25) is 23.8 Å². The molecule has 2 amide bonds. The Balaban J connectivity index is 0.00000400. The maximum Gasteiger partial charge on any atom is 0.252 e. The molecule has 0 saturated carbocycles. The predicted octanol–water partition coefficient (Wildman–Crippen LogP) is 2.62. The average molecular weight is 696 g/mol. The molecule has 3 aliphatic rings. The van der Waals surface area contributed by atoms with E-state index >= 15 is 0 Å². The number of hydrazine groups is 1. The van der Waals surface area contributed by atoms with Gasteiger partial charge in [0.2, 0.25) is 15.9 Å². The van der Waals surface area contributed by atoms with E-state index in [1.165, 1.54) is 11.1 Å². The topological polar surface area (TPSA) is 114 Å². The fraction of sp³-hybridized carbons (Fsp3) is 0.433. The van der Waals surface area contributed by atoms with Crippen LogP contribution in [-0.2, 0) is 30.4 Å². The minimum atomic E-state index is -4.11. The minimum absolute atomic E-state index is 0. The first-order valence-electron chi connectivity index (χ1n) is 14.6. The highest BCUT2D eigenvalue weighted by Crippen LogP contribution is 2.29. The van der Waals surface area contributed by atoms with Crippen LogP contribution in [0.4, 0.5) is 5.69 Å². The SMILES string of the molecule is CN(C1CCN(c2ccncc2)CC1)N1C(=O)CN(S(=O)(=O)c2ccc3cc(Cl)ccc3c2)CC1C(=O)N1CCS(=O)CC1.Cl. The lowest BCUT2D eigenvalue weighted by Crippen LogP contribution is -2.68. The van der Waals surface area contributed by atoms with Crippen LogP contribution in [0.3, 0.4) is 0 Å². The Bertz CT molecular complexity index is 1680. The summed E-state index contributed by atoms with van der Waals surface area (Å²) in [5.41, 5.74) is 1.09. The van der Waals surface area contributed by atoms with Crippen LogP contribution in [0, 0.1) is 0 Å². The van der Waals surface area contributed by atoms with Crippen molar-refractivity contribution in [3.63, 3.8) is 0 Å². The van der Waals surface area contributed by atoms with Crippen LogP contribution in [0.1, 0.15) is 12.8 Å². The van der Waals surface area contributed by atoms with E-state index in [9.17, 15) is 22.2 Å². The number of benzene rings is 2. The molecule has 0 spiro atoms. The van der Waals surface area contributed by atoms with Crippen LogP contribution in [0.2, 0.25) is 5.02 Å². The highest BCUT2D eigenvalue weighted by Gasteiger charge is 2.46. The van der Waals surface area contributed by atoms with E-state index in [4.69, 9.17) is 11.6 Å². The van der Waals surface area contributed by atoms with Gasteiger partial charge in [0.25, 0.3) is 5.91 Å². The maximum atomic E-state index is 14.0. The first kappa shape index (κ1) is 33.6. The number of halogens is 2. The van der Waals surface area contributed by atoms with Crippen LogP contribution >= 0.6 is 24.0 Å². The molecule has 45 heavy (non-hydrogen) atoms. The zero-order chi connectivity index (χ0) is 31.0. The molecule has 11 nitrogen and oxygen atoms in total. The summed E-state index contributed by atoms with van der Waals surface area (Å²) in [7, 11) is -3.29. The fourth-order valence-electron chi connectivity index (χ4n) is 6.30. The smallest absolute Gasteiger partial charge is 0.252 e. The number of hydrogen-bond donors (Lipinski definition) is 0. The Hall–Kier alpha value is -2.81. The number of hydrogen-bond acceptors (Lipinski definition) is 8. The summed E-state index contributed by atoms with van der Waals surface area (Å²) >= 11 is 6.10. The number of aromatic nitrogens is 1. The largest absolute Gasteiger partial charge is 0.371 e. The van der Waals surface area contributed by atoms with Gasteiger partial charge in [0, 0.05) is 91.2 Å². The highest BCUT2D eigenvalue weighted by atomic mass is 35.5. The van der Waals surface area contributed by atoms with Crippen LogP contribution in [0.5, 0.6) is 0 Å². The second-order valence-corrected chi connectivity index (χ2v) is 15.4. The summed E-state index contributed by atoms with van der Waals surface area (Å²) in [5.74, 6) is -0.0629. The summed E-state index contributed by atoms with van der Waals surface area (Å²) in [6, 6.07) is 12.8. The summed E-state index contributed by atoms with van der Waals surface area (Å²) < 4.78 is 41.0. The number of nitrogens with zero attached hydrogens (tertiary/aromatic N) is 6. The number of sulfonamides is 1. The third-order valence-electron chi connectivity index (χ3n) is 8.79. The normalized spacial score (nSPS) is 20.9. The summed E-state index contributed by atoms with van der Waals surface area (Å²) in [5, 5.41) is 5.37. The molecule has 3 aliphatic heterocycles. The molecule has 1 aromatic heterocycles. The number of anilines is 1. The number of rotatable bonds is 6. The van der Waals surface area contributed by atoms with Crippen LogP contribution in [0.25, 0.3) is 10.8 Å². The van der Waals surface area contributed by atoms with Gasteiger partial charge in [-0.15, -0.1) is 12.4 Å². The molecular formula is C30H36Cl2N6O5S2. The van der Waals surface area contributed by atoms with Crippen molar-refractivity contribution in [3.05, 3.63) is 65.9 Å². The summed E-state index contributed by atoms with van der Waals surface area (Å²) in [6.07, 6.45) is 5.05. The molecule has 0 bridgehead atoms. The molecule has 3 fully saturated rings. The Labute approximate surface area is 277 Å². The third-order valence-corrected chi connectivity index (χ3v) is 12.1. The lowest BCUT2D eigenvalue weighted by molar-refractivity contribution is -0.174. The van der Waals surface area contributed by atoms with Gasteiger partial charge < -0.3 is 9.80 Å². The number of amides is 2. The second kappa shape index (κ2) is 13.9. The van der Waals surface area contributed by atoms with Gasteiger partial charge in [-0.1, -0.05) is 23.7 Å². The van der Waals surface area contributed by atoms with Crippen molar-refractivity contribution in [1.29, 1.82) is 0 Å². The Kier molecular flexibility index (Phi) is 10.4. The quantitative estimate of drug-likeness (QED) is 0.387. The molecule has 242 valence electrons. The van der Waals surface area contributed by atoms with E-state index in [2.05, 4.69) is 9.88 Å². The molecule has 1 atom stereocenters. The predicted molar refractivity (Wildman–Crippen MR) is 177 cm³/mol. The van der Waals surface area contributed by atoms with E-state index in [0.717, 1.165) is 41.3 Å². The zero-order valence-electron chi connectivity index (χ0n) is 24.8. The van der Waals surface area contributed by atoms with Crippen LogP contribution in [-0.4, -0.2) is 119 Å². The van der Waals surface area contributed by atoms with Gasteiger partial charge in [-0.25, -0.2) is 13.4 Å². The van der Waals surface area contributed by atoms with Crippen molar-refractivity contribution in [2.75, 3.05) is 62.7 Å². The van der Waals surface area contributed by atoms with E-state index < -0.39 is 32.8 Å². The summed E-state index contributed by atoms with van der Waals surface area (Å²) in [6.45, 7) is 1.59. The first-order chi connectivity index (χ1) is 21.1. The van der Waals surface area contributed by atoms with E-state index in [1.807, 2.05) is 24.2 Å². The first-order valence-corrected chi connectivity index (χ1v) is 18.0. The van der Waals surface area contributed by atoms with Gasteiger partial charge in [-0.05, 0) is 60.0 Å². The van der Waals surface area contributed by atoms with Crippen LogP contribution < -0.4 is 4.90 Å². The van der Waals surface area contributed by atoms with Gasteiger partial charge in [-0.2, -0.15) is 4.31 Å². The molecule has 6 rings (SSSR count). The van der Waals surface area contributed by atoms with Crippen molar-refractivity contribution >= 4 is 73.1 Å². The monoisotopic (exact) mass is 694 g/mol. The Morgan fingerprint density at radius 1 is 0.978 bits per heavy atom. The Morgan fingerprint density at radius 3 is 2.31 bits per heavy atom. The molecule has 0 radical (unpaired) electrons. The number of fused-ring (bicyclic) bond motifs is 1. The van der Waals surface area contributed by atoms with Crippen molar-refractivity contribution in [2.24, 2.45) is 0 Å². The molecule has 0 aliphatic carbocycles. The van der Waals surface area contributed by atoms with Crippen molar-refractivity contribution in [3.8, 4) is 0 Å². The number of carbonyl (C=O) groups is 2. The Morgan fingerprint density at radius 2 is 1.62 bits per heavy atom. The standard InChI is InChI=1S/C30H35ClN6O5S2.ClH/c1-33(25-8-12-34(13-9-25)26-6-10-32-11-7-26)37-28(30(39)35-14-16-43(40)17-15-35)20-36(21-29(37)38)44(41,42)27-5-3-22-18-24(31)4-2-23(22)19-27;/h2-7,10-11,18-19,25,28H,8-9,12-17,20-21H2,1H3;1H. The number of pyridine rings is 1. The third kappa shape index (κ3) is 6.98. The van der Waals surface area contributed by atoms with E-state index in [-0.39, 0.29) is 42.3 Å². The lowest BCUT2D eigenvalue weighted by atomic mass is 10.0. The molecule has 3 saturated heterocycles. The zero-order valence-corrected chi connectivity index (χ0v) is 28.0. The van der Waals surface area contributed by atoms with Gasteiger partial charge >= 0.3 is 0 Å². The van der Waals surface area contributed by atoms with Crippen molar-refractivity contribution < 1.29 is 22.2 Å². The molecule has 15 heteroatoms. The van der Waals surface area contributed by atoms with Crippen LogP contribution in [0.15, 0.2) is 65.8 Å². The molecule has 2 aromatic carbocycles. The van der Waals surface area contributed by atoms with E-state index in [0.29, 0.717) is 35.0 Å². The number of carbonyl (C=O) groups excluding carboxylic acids is 2. The van der Waals surface area contributed by atoms with E-state index in [1.54, 1.807) is 47.6 Å². The number of piperazine rings is 1. The maximum absolute atomic E-state index is 14.0.